The predicted molar refractivity (Wildman–Crippen MR) is 108 cm³/mol. The maximum Gasteiger partial charge on any atom is 0.262 e. The molecule has 136 valence electrons. The molecule has 0 aliphatic carbocycles. The number of anilines is 2. The van der Waals surface area contributed by atoms with Gasteiger partial charge in [-0.25, -0.2) is 0 Å². The number of fused-ring (bicyclic) bond motifs is 1. The number of rotatable bonds is 4. The van der Waals surface area contributed by atoms with Crippen LogP contribution in [0.5, 0.6) is 5.75 Å². The number of amides is 1. The number of hydrogen-bond acceptors (Lipinski definition) is 3. The van der Waals surface area contributed by atoms with Crippen molar-refractivity contribution in [2.45, 2.75) is 20.0 Å². The zero-order chi connectivity index (χ0) is 18.8. The number of carbonyl (C=O) groups is 1. The first-order valence-corrected chi connectivity index (χ1v) is 9.16. The van der Waals surface area contributed by atoms with Crippen molar-refractivity contribution in [1.82, 2.24) is 0 Å². The highest BCUT2D eigenvalue weighted by atomic mass is 16.5. The molecule has 3 aromatic rings. The standard InChI is InChI=1S/C23H22N2O2/c1-3-27-19-14-12-18(13-15-19)25-22(17-10-8-16(2)9-11-17)24-21-7-5-4-6-20(21)23(25)26/h4-15,22,24H,3H2,1-2H3/t22-/m1/s1. The molecular formula is C23H22N2O2. The number of benzene rings is 3. The number of carbonyl (C=O) groups excluding carboxylic acids is 1. The fourth-order valence-corrected chi connectivity index (χ4v) is 3.37. The molecule has 1 aliphatic rings. The summed E-state index contributed by atoms with van der Waals surface area (Å²) in [4.78, 5) is 15.1. The van der Waals surface area contributed by atoms with Crippen LogP contribution in [0.1, 0.15) is 34.6 Å². The van der Waals surface area contributed by atoms with Gasteiger partial charge in [-0.3, -0.25) is 9.69 Å². The SMILES string of the molecule is CCOc1ccc(N2C(=O)c3ccccc3N[C@H]2c2ccc(C)cc2)cc1. The second kappa shape index (κ2) is 7.16. The molecule has 1 aliphatic heterocycles. The van der Waals surface area contributed by atoms with Crippen molar-refractivity contribution >= 4 is 17.3 Å². The Balaban J connectivity index is 1.79. The smallest absolute Gasteiger partial charge is 0.262 e. The van der Waals surface area contributed by atoms with Crippen LogP contribution in [0.4, 0.5) is 11.4 Å². The number of nitrogens with one attached hydrogen (secondary N) is 1. The van der Waals surface area contributed by atoms with Crippen molar-refractivity contribution in [3.05, 3.63) is 89.5 Å². The van der Waals surface area contributed by atoms with E-state index in [1.165, 1.54) is 5.56 Å². The third kappa shape index (κ3) is 3.26. The summed E-state index contributed by atoms with van der Waals surface area (Å²) in [6, 6.07) is 23.6. The summed E-state index contributed by atoms with van der Waals surface area (Å²) < 4.78 is 5.54. The molecule has 0 saturated heterocycles. The van der Waals surface area contributed by atoms with Crippen LogP contribution in [0.15, 0.2) is 72.8 Å². The molecule has 4 nitrogen and oxygen atoms in total. The van der Waals surface area contributed by atoms with E-state index in [1.54, 1.807) is 0 Å². The molecule has 0 aromatic heterocycles. The van der Waals surface area contributed by atoms with E-state index >= 15 is 0 Å². The molecule has 27 heavy (non-hydrogen) atoms. The Morgan fingerprint density at radius 2 is 1.67 bits per heavy atom. The molecule has 1 heterocycles. The molecule has 0 fully saturated rings. The van der Waals surface area contributed by atoms with E-state index in [0.29, 0.717) is 12.2 Å². The van der Waals surface area contributed by atoms with Crippen molar-refractivity contribution in [1.29, 1.82) is 0 Å². The summed E-state index contributed by atoms with van der Waals surface area (Å²) in [6.45, 7) is 4.63. The van der Waals surface area contributed by atoms with Crippen molar-refractivity contribution < 1.29 is 9.53 Å². The first-order chi connectivity index (χ1) is 13.2. The van der Waals surface area contributed by atoms with Gasteiger partial charge in [-0.1, -0.05) is 42.0 Å². The Morgan fingerprint density at radius 3 is 2.37 bits per heavy atom. The van der Waals surface area contributed by atoms with Gasteiger partial charge in [-0.05, 0) is 55.8 Å². The number of aryl methyl sites for hydroxylation is 1. The molecule has 0 spiro atoms. The number of para-hydroxylation sites is 1. The highest BCUT2D eigenvalue weighted by Crippen LogP contribution is 2.37. The zero-order valence-electron chi connectivity index (χ0n) is 15.5. The summed E-state index contributed by atoms with van der Waals surface area (Å²) in [7, 11) is 0. The van der Waals surface area contributed by atoms with Gasteiger partial charge in [0.15, 0.2) is 0 Å². The lowest BCUT2D eigenvalue weighted by atomic mass is 10.0. The molecule has 0 unspecified atom stereocenters. The highest BCUT2D eigenvalue weighted by Gasteiger charge is 2.33. The summed E-state index contributed by atoms with van der Waals surface area (Å²) >= 11 is 0. The van der Waals surface area contributed by atoms with Crippen LogP contribution in [-0.2, 0) is 0 Å². The lowest BCUT2D eigenvalue weighted by Gasteiger charge is -2.38. The summed E-state index contributed by atoms with van der Waals surface area (Å²) in [6.07, 6.45) is -0.272. The van der Waals surface area contributed by atoms with Gasteiger partial charge in [-0.2, -0.15) is 0 Å². The van der Waals surface area contributed by atoms with Crippen molar-refractivity contribution in [2.24, 2.45) is 0 Å². The summed E-state index contributed by atoms with van der Waals surface area (Å²) in [5, 5.41) is 3.53. The minimum absolute atomic E-state index is 0.0147. The van der Waals surface area contributed by atoms with E-state index in [-0.39, 0.29) is 12.1 Å². The lowest BCUT2D eigenvalue weighted by molar-refractivity contribution is 0.0975. The van der Waals surface area contributed by atoms with Crippen molar-refractivity contribution in [2.75, 3.05) is 16.8 Å². The highest BCUT2D eigenvalue weighted by molar-refractivity contribution is 6.12. The van der Waals surface area contributed by atoms with Crippen LogP contribution in [0.2, 0.25) is 0 Å². The lowest BCUT2D eigenvalue weighted by Crippen LogP contribution is -2.43. The quantitative estimate of drug-likeness (QED) is 0.700. The topological polar surface area (TPSA) is 41.6 Å². The van der Waals surface area contributed by atoms with Gasteiger partial charge in [0.1, 0.15) is 11.9 Å². The average Bonchev–Trinajstić information content (AvgIpc) is 2.70. The van der Waals surface area contributed by atoms with Crippen LogP contribution in [-0.4, -0.2) is 12.5 Å². The van der Waals surface area contributed by atoms with Crippen LogP contribution >= 0.6 is 0 Å². The number of nitrogens with zero attached hydrogens (tertiary/aromatic N) is 1. The largest absolute Gasteiger partial charge is 0.494 e. The average molecular weight is 358 g/mol. The minimum atomic E-state index is -0.272. The second-order valence-electron chi connectivity index (χ2n) is 6.61. The number of hydrogen-bond donors (Lipinski definition) is 1. The first kappa shape index (κ1) is 17.2. The number of ether oxygens (including phenoxy) is 1. The first-order valence-electron chi connectivity index (χ1n) is 9.16. The van der Waals surface area contributed by atoms with E-state index in [1.807, 2.05) is 60.4 Å². The Morgan fingerprint density at radius 1 is 0.963 bits per heavy atom. The van der Waals surface area contributed by atoms with E-state index in [9.17, 15) is 4.79 Å². The van der Waals surface area contributed by atoms with Crippen LogP contribution < -0.4 is 15.0 Å². The Kier molecular flexibility index (Phi) is 4.55. The van der Waals surface area contributed by atoms with Crippen molar-refractivity contribution in [3.8, 4) is 5.75 Å². The van der Waals surface area contributed by atoms with Gasteiger partial charge in [0.25, 0.3) is 5.91 Å². The molecule has 1 atom stereocenters. The monoisotopic (exact) mass is 358 g/mol. The van der Waals surface area contributed by atoms with Gasteiger partial charge < -0.3 is 10.1 Å². The fourth-order valence-electron chi connectivity index (χ4n) is 3.37. The molecule has 0 bridgehead atoms. The minimum Gasteiger partial charge on any atom is -0.494 e. The molecule has 0 saturated carbocycles. The zero-order valence-corrected chi connectivity index (χ0v) is 15.5. The van der Waals surface area contributed by atoms with Gasteiger partial charge in [0.05, 0.1) is 12.2 Å². The molecule has 4 rings (SSSR count). The predicted octanol–water partition coefficient (Wildman–Crippen LogP) is 5.16. The van der Waals surface area contributed by atoms with E-state index in [0.717, 1.165) is 22.7 Å². The van der Waals surface area contributed by atoms with E-state index in [4.69, 9.17) is 4.74 Å². The van der Waals surface area contributed by atoms with Gasteiger partial charge in [0, 0.05) is 11.4 Å². The van der Waals surface area contributed by atoms with Gasteiger partial charge in [-0.15, -0.1) is 0 Å². The Hall–Kier alpha value is -3.27. The molecule has 3 aromatic carbocycles. The fraction of sp³-hybridized carbons (Fsp3) is 0.174. The molecule has 1 amide bonds. The van der Waals surface area contributed by atoms with Crippen LogP contribution in [0.3, 0.4) is 0 Å². The van der Waals surface area contributed by atoms with Crippen LogP contribution in [0.25, 0.3) is 0 Å². The Labute approximate surface area is 159 Å². The summed E-state index contributed by atoms with van der Waals surface area (Å²) in [5.41, 5.74) is 4.59. The van der Waals surface area contributed by atoms with E-state index in [2.05, 4.69) is 36.5 Å². The third-order valence-corrected chi connectivity index (χ3v) is 4.75. The third-order valence-electron chi connectivity index (χ3n) is 4.75. The van der Waals surface area contributed by atoms with Crippen LogP contribution in [0, 0.1) is 6.92 Å². The maximum atomic E-state index is 13.3. The summed E-state index contributed by atoms with van der Waals surface area (Å²) in [5.74, 6) is 0.782. The Bertz CT molecular complexity index is 949. The normalized spacial score (nSPS) is 15.9. The molecule has 1 N–H and O–H groups in total. The molecule has 4 heteroatoms. The van der Waals surface area contributed by atoms with E-state index < -0.39 is 0 Å². The van der Waals surface area contributed by atoms with Gasteiger partial charge >= 0.3 is 0 Å². The second-order valence-corrected chi connectivity index (χ2v) is 6.61. The molecular weight excluding hydrogens is 336 g/mol. The van der Waals surface area contributed by atoms with Gasteiger partial charge in [0.2, 0.25) is 0 Å². The maximum absolute atomic E-state index is 13.3. The molecule has 0 radical (unpaired) electrons. The van der Waals surface area contributed by atoms with Crippen molar-refractivity contribution in [3.63, 3.8) is 0 Å².